The van der Waals surface area contributed by atoms with Gasteiger partial charge in [0.1, 0.15) is 0 Å². The average Bonchev–Trinajstić information content (AvgIpc) is 2.57. The Kier molecular flexibility index (Phi) is 4.53. The molecule has 0 aliphatic carbocycles. The normalized spacial score (nSPS) is 18.4. The number of hydrogen-bond donors (Lipinski definition) is 0. The summed E-state index contributed by atoms with van der Waals surface area (Å²) in [4.78, 5) is 18.5. The minimum Gasteiger partial charge on any atom is -0.375 e. The van der Waals surface area contributed by atoms with Gasteiger partial charge in [-0.3, -0.25) is 4.79 Å². The molecule has 0 amide bonds. The molecule has 3 rings (SSSR count). The first-order valence-electron chi connectivity index (χ1n) is 7.66. The van der Waals surface area contributed by atoms with Crippen molar-refractivity contribution in [2.75, 3.05) is 24.6 Å². The van der Waals surface area contributed by atoms with Crippen LogP contribution in [0.15, 0.2) is 47.5 Å². The van der Waals surface area contributed by atoms with E-state index in [-0.39, 0.29) is 11.7 Å². The van der Waals surface area contributed by atoms with Gasteiger partial charge in [0.15, 0.2) is 5.82 Å². The minimum atomic E-state index is -0.0498. The van der Waals surface area contributed by atoms with Gasteiger partial charge < -0.3 is 14.2 Å². The van der Waals surface area contributed by atoms with Crippen LogP contribution in [-0.2, 0) is 18.2 Å². The van der Waals surface area contributed by atoms with Gasteiger partial charge in [-0.2, -0.15) is 0 Å². The van der Waals surface area contributed by atoms with E-state index in [0.29, 0.717) is 19.0 Å². The highest BCUT2D eigenvalue weighted by atomic mass is 16.5. The number of hydrogen-bond acceptors (Lipinski definition) is 4. The van der Waals surface area contributed by atoms with Crippen LogP contribution in [0.1, 0.15) is 12.0 Å². The summed E-state index contributed by atoms with van der Waals surface area (Å²) >= 11 is 0. The van der Waals surface area contributed by atoms with Crippen molar-refractivity contribution in [3.63, 3.8) is 0 Å². The summed E-state index contributed by atoms with van der Waals surface area (Å²) in [5.41, 5.74) is 1.27. The predicted molar refractivity (Wildman–Crippen MR) is 86.2 cm³/mol. The van der Waals surface area contributed by atoms with E-state index in [1.165, 1.54) is 5.56 Å². The molecule has 1 atom stereocenters. The second-order valence-corrected chi connectivity index (χ2v) is 5.63. The topological polar surface area (TPSA) is 47.4 Å². The summed E-state index contributed by atoms with van der Waals surface area (Å²) in [5.74, 6) is 0.526. The van der Waals surface area contributed by atoms with E-state index in [2.05, 4.69) is 29.2 Å². The molecule has 1 aliphatic rings. The Balaban J connectivity index is 1.64. The molecule has 1 aromatic heterocycles. The summed E-state index contributed by atoms with van der Waals surface area (Å²) in [5, 5.41) is 0. The van der Waals surface area contributed by atoms with E-state index in [1.54, 1.807) is 24.0 Å². The standard InChI is InChI=1S/C17H21N3O2/c1-19-10-9-18-16(17(19)21)20-11-12-22-15(13-20)8-7-14-5-3-2-4-6-14/h2-6,9-10,15H,7-8,11-13H2,1H3. The van der Waals surface area contributed by atoms with Crippen molar-refractivity contribution >= 4 is 5.82 Å². The van der Waals surface area contributed by atoms with Crippen LogP contribution in [0.5, 0.6) is 0 Å². The lowest BCUT2D eigenvalue weighted by atomic mass is 10.1. The predicted octanol–water partition coefficient (Wildman–Crippen LogP) is 1.62. The molecular weight excluding hydrogens is 278 g/mol. The van der Waals surface area contributed by atoms with Crippen LogP contribution in [-0.4, -0.2) is 35.4 Å². The molecule has 116 valence electrons. The molecule has 2 aromatic rings. The molecule has 0 N–H and O–H groups in total. The molecule has 5 nitrogen and oxygen atoms in total. The molecule has 1 aromatic carbocycles. The number of anilines is 1. The minimum absolute atomic E-state index is 0.0498. The molecule has 1 saturated heterocycles. The lowest BCUT2D eigenvalue weighted by molar-refractivity contribution is 0.0351. The van der Waals surface area contributed by atoms with E-state index in [4.69, 9.17) is 4.74 Å². The molecule has 0 bridgehead atoms. The Morgan fingerprint density at radius 2 is 2.14 bits per heavy atom. The number of nitrogens with zero attached hydrogens (tertiary/aromatic N) is 3. The molecule has 2 heterocycles. The maximum absolute atomic E-state index is 12.2. The van der Waals surface area contributed by atoms with Crippen molar-refractivity contribution in [2.45, 2.75) is 18.9 Å². The largest absolute Gasteiger partial charge is 0.375 e. The van der Waals surface area contributed by atoms with Gasteiger partial charge in [0, 0.05) is 32.5 Å². The van der Waals surface area contributed by atoms with Crippen LogP contribution in [0.25, 0.3) is 0 Å². The zero-order valence-corrected chi connectivity index (χ0v) is 12.8. The van der Waals surface area contributed by atoms with Crippen LogP contribution < -0.4 is 10.5 Å². The third kappa shape index (κ3) is 3.36. The van der Waals surface area contributed by atoms with E-state index in [1.807, 2.05) is 11.0 Å². The zero-order chi connectivity index (χ0) is 15.4. The molecule has 0 spiro atoms. The van der Waals surface area contributed by atoms with Crippen molar-refractivity contribution in [1.29, 1.82) is 0 Å². The Morgan fingerprint density at radius 1 is 1.32 bits per heavy atom. The Hall–Kier alpha value is -2.14. The molecule has 0 saturated carbocycles. The molecular formula is C17H21N3O2. The van der Waals surface area contributed by atoms with E-state index in [0.717, 1.165) is 19.4 Å². The van der Waals surface area contributed by atoms with Crippen molar-refractivity contribution in [1.82, 2.24) is 9.55 Å². The van der Waals surface area contributed by atoms with Crippen molar-refractivity contribution < 1.29 is 4.74 Å². The summed E-state index contributed by atoms with van der Waals surface area (Å²) in [6.07, 6.45) is 5.43. The van der Waals surface area contributed by atoms with E-state index >= 15 is 0 Å². The lowest BCUT2D eigenvalue weighted by Gasteiger charge is -2.33. The maximum Gasteiger partial charge on any atom is 0.293 e. The Labute approximate surface area is 130 Å². The van der Waals surface area contributed by atoms with Crippen LogP contribution in [0, 0.1) is 0 Å². The summed E-state index contributed by atoms with van der Waals surface area (Å²) in [7, 11) is 1.75. The highest BCUT2D eigenvalue weighted by Gasteiger charge is 2.23. The highest BCUT2D eigenvalue weighted by molar-refractivity contribution is 5.36. The molecule has 22 heavy (non-hydrogen) atoms. The van der Waals surface area contributed by atoms with Gasteiger partial charge in [-0.25, -0.2) is 4.98 Å². The lowest BCUT2D eigenvalue weighted by Crippen LogP contribution is -2.45. The van der Waals surface area contributed by atoms with Crippen molar-refractivity contribution in [3.8, 4) is 0 Å². The smallest absolute Gasteiger partial charge is 0.293 e. The fourth-order valence-corrected chi connectivity index (χ4v) is 2.76. The molecule has 1 unspecified atom stereocenters. The van der Waals surface area contributed by atoms with Gasteiger partial charge in [-0.15, -0.1) is 0 Å². The molecule has 1 aliphatic heterocycles. The van der Waals surface area contributed by atoms with Gasteiger partial charge >= 0.3 is 0 Å². The van der Waals surface area contributed by atoms with Gasteiger partial charge in [0.2, 0.25) is 0 Å². The van der Waals surface area contributed by atoms with Crippen LogP contribution in [0.2, 0.25) is 0 Å². The van der Waals surface area contributed by atoms with E-state index in [9.17, 15) is 4.79 Å². The molecule has 1 fully saturated rings. The fourth-order valence-electron chi connectivity index (χ4n) is 2.76. The quantitative estimate of drug-likeness (QED) is 0.861. The number of aryl methyl sites for hydroxylation is 2. The first-order chi connectivity index (χ1) is 10.7. The van der Waals surface area contributed by atoms with Crippen LogP contribution >= 0.6 is 0 Å². The number of benzene rings is 1. The van der Waals surface area contributed by atoms with Crippen molar-refractivity contribution in [3.05, 3.63) is 58.6 Å². The number of ether oxygens (including phenoxy) is 1. The second kappa shape index (κ2) is 6.75. The third-order valence-corrected chi connectivity index (χ3v) is 4.03. The second-order valence-electron chi connectivity index (χ2n) is 5.63. The number of morpholine rings is 1. The van der Waals surface area contributed by atoms with E-state index < -0.39 is 0 Å². The SMILES string of the molecule is Cn1ccnc(N2CCOC(CCc3ccccc3)C2)c1=O. The Bertz CT molecular complexity index is 669. The monoisotopic (exact) mass is 299 g/mol. The Morgan fingerprint density at radius 3 is 2.95 bits per heavy atom. The van der Waals surface area contributed by atoms with Gasteiger partial charge in [0.05, 0.1) is 12.7 Å². The first kappa shape index (κ1) is 14.8. The van der Waals surface area contributed by atoms with Crippen LogP contribution in [0.3, 0.4) is 0 Å². The summed E-state index contributed by atoms with van der Waals surface area (Å²) < 4.78 is 7.41. The highest BCUT2D eigenvalue weighted by Crippen LogP contribution is 2.15. The van der Waals surface area contributed by atoms with Gasteiger partial charge in [-0.1, -0.05) is 30.3 Å². The summed E-state index contributed by atoms with van der Waals surface area (Å²) in [6, 6.07) is 10.4. The van der Waals surface area contributed by atoms with Gasteiger partial charge in [0.25, 0.3) is 5.56 Å². The van der Waals surface area contributed by atoms with Crippen LogP contribution in [0.4, 0.5) is 5.82 Å². The zero-order valence-electron chi connectivity index (χ0n) is 12.8. The maximum atomic E-state index is 12.2. The number of rotatable bonds is 4. The van der Waals surface area contributed by atoms with Gasteiger partial charge in [-0.05, 0) is 18.4 Å². The average molecular weight is 299 g/mol. The molecule has 5 heteroatoms. The fraction of sp³-hybridized carbons (Fsp3) is 0.412. The molecule has 0 radical (unpaired) electrons. The summed E-state index contributed by atoms with van der Waals surface area (Å²) in [6.45, 7) is 2.08. The first-order valence-corrected chi connectivity index (χ1v) is 7.66. The third-order valence-electron chi connectivity index (χ3n) is 4.03. The number of aromatic nitrogens is 2. The van der Waals surface area contributed by atoms with Crippen molar-refractivity contribution in [2.24, 2.45) is 7.05 Å².